The van der Waals surface area contributed by atoms with E-state index in [1.165, 1.54) is 0 Å². The molecular formula is C13H12Cl2N2. The lowest BCUT2D eigenvalue weighted by molar-refractivity contribution is 1.20. The number of nitrogens with two attached hydrogens (primary N) is 2. The quantitative estimate of drug-likeness (QED) is 0.814. The van der Waals surface area contributed by atoms with E-state index >= 15 is 0 Å². The van der Waals surface area contributed by atoms with E-state index in [1.807, 2.05) is 30.3 Å². The first-order chi connectivity index (χ1) is 8.08. The van der Waals surface area contributed by atoms with Crippen LogP contribution in [-0.4, -0.2) is 0 Å². The van der Waals surface area contributed by atoms with E-state index in [2.05, 4.69) is 0 Å². The van der Waals surface area contributed by atoms with Gasteiger partial charge in [0.15, 0.2) is 0 Å². The highest BCUT2D eigenvalue weighted by Gasteiger charge is 2.07. The Morgan fingerprint density at radius 1 is 1.00 bits per heavy atom. The molecule has 0 radical (unpaired) electrons. The van der Waals surface area contributed by atoms with Crippen LogP contribution < -0.4 is 11.5 Å². The minimum Gasteiger partial charge on any atom is -0.397 e. The molecule has 0 aliphatic rings. The molecule has 4 heteroatoms. The van der Waals surface area contributed by atoms with Crippen molar-refractivity contribution in [2.24, 2.45) is 0 Å². The third kappa shape index (κ3) is 2.65. The van der Waals surface area contributed by atoms with Gasteiger partial charge in [0.1, 0.15) is 0 Å². The first-order valence-electron chi connectivity index (χ1n) is 5.14. The summed E-state index contributed by atoms with van der Waals surface area (Å²) in [4.78, 5) is 0. The molecule has 0 fully saturated rings. The number of halogens is 2. The molecule has 2 aromatic carbocycles. The second kappa shape index (κ2) is 4.86. The summed E-state index contributed by atoms with van der Waals surface area (Å²) in [6.45, 7) is 0. The maximum atomic E-state index is 6.00. The fourth-order valence-corrected chi connectivity index (χ4v) is 2.07. The maximum Gasteiger partial charge on any atom is 0.0867 e. The van der Waals surface area contributed by atoms with Crippen LogP contribution in [0.2, 0.25) is 10.0 Å². The smallest absolute Gasteiger partial charge is 0.0867 e. The zero-order chi connectivity index (χ0) is 12.4. The molecule has 2 rings (SSSR count). The van der Waals surface area contributed by atoms with E-state index in [9.17, 15) is 0 Å². The zero-order valence-electron chi connectivity index (χ0n) is 9.08. The van der Waals surface area contributed by atoms with Gasteiger partial charge in [0.2, 0.25) is 0 Å². The van der Waals surface area contributed by atoms with Gasteiger partial charge in [0.05, 0.1) is 16.4 Å². The van der Waals surface area contributed by atoms with Gasteiger partial charge in [-0.3, -0.25) is 0 Å². The van der Waals surface area contributed by atoms with E-state index in [4.69, 9.17) is 34.7 Å². The Balaban J connectivity index is 2.34. The molecule has 0 atom stereocenters. The van der Waals surface area contributed by atoms with Crippen molar-refractivity contribution in [2.75, 3.05) is 11.5 Å². The van der Waals surface area contributed by atoms with E-state index < -0.39 is 0 Å². The molecule has 17 heavy (non-hydrogen) atoms. The number of nitrogen functional groups attached to an aromatic ring is 2. The molecule has 0 spiro atoms. The van der Waals surface area contributed by atoms with Crippen LogP contribution in [0.3, 0.4) is 0 Å². The standard InChI is InChI=1S/C13H12Cl2N2/c14-10-3-1-2-8(7-10)6-9-4-5-11(16)12(15)13(9)17/h1-5,7H,6,16-17H2. The number of hydrogen-bond acceptors (Lipinski definition) is 2. The SMILES string of the molecule is Nc1ccc(Cc2cccc(Cl)c2)c(N)c1Cl. The lowest BCUT2D eigenvalue weighted by Gasteiger charge is -2.09. The minimum atomic E-state index is 0.421. The maximum absolute atomic E-state index is 6.00. The van der Waals surface area contributed by atoms with E-state index in [0.29, 0.717) is 27.8 Å². The summed E-state index contributed by atoms with van der Waals surface area (Å²) in [6, 6.07) is 11.3. The van der Waals surface area contributed by atoms with E-state index in [-0.39, 0.29) is 0 Å². The van der Waals surface area contributed by atoms with Crippen LogP contribution in [0, 0.1) is 0 Å². The first kappa shape index (κ1) is 12.1. The fraction of sp³-hybridized carbons (Fsp3) is 0.0769. The second-order valence-electron chi connectivity index (χ2n) is 3.85. The highest BCUT2D eigenvalue weighted by molar-refractivity contribution is 6.35. The molecule has 88 valence electrons. The van der Waals surface area contributed by atoms with Gasteiger partial charge < -0.3 is 11.5 Å². The lowest BCUT2D eigenvalue weighted by Crippen LogP contribution is -1.99. The van der Waals surface area contributed by atoms with Crippen LogP contribution in [0.15, 0.2) is 36.4 Å². The van der Waals surface area contributed by atoms with Gasteiger partial charge in [-0.05, 0) is 35.7 Å². The van der Waals surface area contributed by atoms with Crippen molar-refractivity contribution in [1.82, 2.24) is 0 Å². The van der Waals surface area contributed by atoms with Gasteiger partial charge in [-0.25, -0.2) is 0 Å². The topological polar surface area (TPSA) is 52.0 Å². The van der Waals surface area contributed by atoms with Crippen LogP contribution in [0.4, 0.5) is 11.4 Å². The average Bonchev–Trinajstić information content (AvgIpc) is 2.30. The van der Waals surface area contributed by atoms with Crippen LogP contribution in [0.1, 0.15) is 11.1 Å². The largest absolute Gasteiger partial charge is 0.397 e. The zero-order valence-corrected chi connectivity index (χ0v) is 10.6. The Bertz CT molecular complexity index is 553. The molecule has 0 aromatic heterocycles. The predicted octanol–water partition coefficient (Wildman–Crippen LogP) is 3.75. The number of hydrogen-bond donors (Lipinski definition) is 2. The molecule has 2 nitrogen and oxygen atoms in total. The van der Waals surface area contributed by atoms with Crippen molar-refractivity contribution in [3.63, 3.8) is 0 Å². The normalized spacial score (nSPS) is 10.5. The third-order valence-electron chi connectivity index (χ3n) is 2.58. The molecule has 0 heterocycles. The monoisotopic (exact) mass is 266 g/mol. The summed E-state index contributed by atoms with van der Waals surface area (Å²) >= 11 is 11.9. The molecule has 0 bridgehead atoms. The van der Waals surface area contributed by atoms with Gasteiger partial charge in [0.25, 0.3) is 0 Å². The summed E-state index contributed by atoms with van der Waals surface area (Å²) in [5.41, 5.74) is 14.7. The fourth-order valence-electron chi connectivity index (χ4n) is 1.67. The van der Waals surface area contributed by atoms with Gasteiger partial charge in [-0.15, -0.1) is 0 Å². The van der Waals surface area contributed by atoms with Crippen molar-refractivity contribution in [3.05, 3.63) is 57.6 Å². The molecular weight excluding hydrogens is 255 g/mol. The Morgan fingerprint density at radius 2 is 1.76 bits per heavy atom. The summed E-state index contributed by atoms with van der Waals surface area (Å²) in [5, 5.41) is 1.13. The molecule has 0 saturated carbocycles. The number of benzene rings is 2. The van der Waals surface area contributed by atoms with Crippen molar-refractivity contribution in [2.45, 2.75) is 6.42 Å². The summed E-state index contributed by atoms with van der Waals surface area (Å²) in [5.74, 6) is 0. The molecule has 0 aliphatic heterocycles. The second-order valence-corrected chi connectivity index (χ2v) is 4.66. The van der Waals surface area contributed by atoms with Crippen LogP contribution in [-0.2, 0) is 6.42 Å². The van der Waals surface area contributed by atoms with Crippen molar-refractivity contribution in [3.8, 4) is 0 Å². The minimum absolute atomic E-state index is 0.421. The van der Waals surface area contributed by atoms with Gasteiger partial charge >= 0.3 is 0 Å². The molecule has 0 unspecified atom stereocenters. The Morgan fingerprint density at radius 3 is 2.47 bits per heavy atom. The van der Waals surface area contributed by atoms with Gasteiger partial charge in [0, 0.05) is 5.02 Å². The van der Waals surface area contributed by atoms with Crippen LogP contribution >= 0.6 is 23.2 Å². The molecule has 4 N–H and O–H groups in total. The highest BCUT2D eigenvalue weighted by Crippen LogP contribution is 2.30. The Labute approximate surface area is 110 Å². The van der Waals surface area contributed by atoms with Crippen molar-refractivity contribution in [1.29, 1.82) is 0 Å². The summed E-state index contributed by atoms with van der Waals surface area (Å²) in [6.07, 6.45) is 0.687. The highest BCUT2D eigenvalue weighted by atomic mass is 35.5. The molecule has 2 aromatic rings. The third-order valence-corrected chi connectivity index (χ3v) is 3.24. The van der Waals surface area contributed by atoms with E-state index in [0.717, 1.165) is 11.1 Å². The molecule has 0 aliphatic carbocycles. The van der Waals surface area contributed by atoms with Crippen molar-refractivity contribution < 1.29 is 0 Å². The predicted molar refractivity (Wildman–Crippen MR) is 74.5 cm³/mol. The number of anilines is 2. The van der Waals surface area contributed by atoms with Crippen molar-refractivity contribution >= 4 is 34.6 Å². The van der Waals surface area contributed by atoms with E-state index in [1.54, 1.807) is 6.07 Å². The Kier molecular flexibility index (Phi) is 3.46. The summed E-state index contributed by atoms with van der Waals surface area (Å²) < 4.78 is 0. The summed E-state index contributed by atoms with van der Waals surface area (Å²) in [7, 11) is 0. The van der Waals surface area contributed by atoms with Gasteiger partial charge in [-0.1, -0.05) is 41.4 Å². The van der Waals surface area contributed by atoms with Gasteiger partial charge in [-0.2, -0.15) is 0 Å². The number of rotatable bonds is 2. The average molecular weight is 267 g/mol. The first-order valence-corrected chi connectivity index (χ1v) is 5.90. The molecule has 0 saturated heterocycles. The lowest BCUT2D eigenvalue weighted by atomic mass is 10.0. The van der Waals surface area contributed by atoms with Crippen LogP contribution in [0.25, 0.3) is 0 Å². The van der Waals surface area contributed by atoms with Crippen LogP contribution in [0.5, 0.6) is 0 Å². The molecule has 0 amide bonds. The Hall–Kier alpha value is -1.38.